The third-order valence-electron chi connectivity index (χ3n) is 4.06. The summed E-state index contributed by atoms with van der Waals surface area (Å²) in [4.78, 5) is 39.1. The maximum Gasteiger partial charge on any atom is 0.344 e. The van der Waals surface area contributed by atoms with E-state index in [2.05, 4.69) is 4.98 Å². The van der Waals surface area contributed by atoms with E-state index in [0.29, 0.717) is 22.6 Å². The van der Waals surface area contributed by atoms with Gasteiger partial charge in [0.15, 0.2) is 18.5 Å². The first-order chi connectivity index (χ1) is 12.2. The smallest absolute Gasteiger partial charge is 0.344 e. The van der Waals surface area contributed by atoms with E-state index in [0.717, 1.165) is 5.56 Å². The summed E-state index contributed by atoms with van der Waals surface area (Å²) in [5, 5.41) is 0. The molecule has 1 aromatic heterocycles. The van der Waals surface area contributed by atoms with Crippen molar-refractivity contribution in [3.05, 3.63) is 52.3 Å². The lowest BCUT2D eigenvalue weighted by Gasteiger charge is -2.13. The highest BCUT2D eigenvalue weighted by atomic mass is 16.6. The average Bonchev–Trinajstić information content (AvgIpc) is 2.86. The number of benzene rings is 1. The number of hydrogen-bond donors (Lipinski definition) is 1. The van der Waals surface area contributed by atoms with Gasteiger partial charge in [0.1, 0.15) is 5.75 Å². The summed E-state index contributed by atoms with van der Waals surface area (Å²) >= 11 is 0. The van der Waals surface area contributed by atoms with E-state index < -0.39 is 12.1 Å². The average molecular weight is 357 g/mol. The SMILES string of the molecule is CC(=O)c1c(C)[nH]c(C(=O)C(C)OC(=O)COc2cccc(C)c2)c1C. The number of nitrogens with one attached hydrogen (secondary N) is 1. The number of ether oxygens (including phenoxy) is 2. The predicted octanol–water partition coefficient (Wildman–Crippen LogP) is 3.34. The van der Waals surface area contributed by atoms with Crippen LogP contribution in [0.15, 0.2) is 24.3 Å². The number of esters is 1. The minimum atomic E-state index is -0.986. The topological polar surface area (TPSA) is 85.5 Å². The molecule has 0 saturated heterocycles. The Balaban J connectivity index is 1.99. The van der Waals surface area contributed by atoms with Crippen LogP contribution in [0.5, 0.6) is 5.75 Å². The molecule has 6 heteroatoms. The molecule has 2 rings (SSSR count). The Kier molecular flexibility index (Phi) is 5.97. The second kappa shape index (κ2) is 7.99. The fourth-order valence-electron chi connectivity index (χ4n) is 2.86. The van der Waals surface area contributed by atoms with Crippen LogP contribution < -0.4 is 4.74 Å². The van der Waals surface area contributed by atoms with Gasteiger partial charge in [-0.2, -0.15) is 0 Å². The third-order valence-corrected chi connectivity index (χ3v) is 4.06. The molecule has 1 unspecified atom stereocenters. The van der Waals surface area contributed by atoms with Gasteiger partial charge in [0.05, 0.1) is 5.69 Å². The molecule has 6 nitrogen and oxygen atoms in total. The van der Waals surface area contributed by atoms with Crippen molar-refractivity contribution in [2.45, 2.75) is 40.7 Å². The maximum absolute atomic E-state index is 12.5. The number of aromatic nitrogens is 1. The Bertz CT molecular complexity index is 850. The quantitative estimate of drug-likeness (QED) is 0.607. The number of carbonyl (C=O) groups is 3. The molecule has 0 radical (unpaired) electrons. The molecule has 0 aliphatic carbocycles. The van der Waals surface area contributed by atoms with E-state index >= 15 is 0 Å². The van der Waals surface area contributed by atoms with Crippen molar-refractivity contribution in [2.75, 3.05) is 6.61 Å². The van der Waals surface area contributed by atoms with Crippen molar-refractivity contribution in [3.8, 4) is 5.75 Å². The van der Waals surface area contributed by atoms with Crippen LogP contribution >= 0.6 is 0 Å². The van der Waals surface area contributed by atoms with Crippen LogP contribution in [0.1, 0.15) is 51.5 Å². The van der Waals surface area contributed by atoms with E-state index in [1.54, 1.807) is 26.0 Å². The van der Waals surface area contributed by atoms with Gasteiger partial charge in [-0.1, -0.05) is 12.1 Å². The van der Waals surface area contributed by atoms with Crippen molar-refractivity contribution < 1.29 is 23.9 Å². The number of rotatable bonds is 7. The zero-order valence-electron chi connectivity index (χ0n) is 15.6. The molecule has 138 valence electrons. The Morgan fingerprint density at radius 3 is 2.42 bits per heavy atom. The van der Waals surface area contributed by atoms with Gasteiger partial charge in [0.25, 0.3) is 0 Å². The van der Waals surface area contributed by atoms with Crippen molar-refractivity contribution in [3.63, 3.8) is 0 Å². The summed E-state index contributed by atoms with van der Waals surface area (Å²) < 4.78 is 10.5. The second-order valence-corrected chi connectivity index (χ2v) is 6.28. The lowest BCUT2D eigenvalue weighted by molar-refractivity contribution is -0.148. The maximum atomic E-state index is 12.5. The highest BCUT2D eigenvalue weighted by Gasteiger charge is 2.26. The molecule has 1 atom stereocenters. The molecule has 0 spiro atoms. The first-order valence-corrected chi connectivity index (χ1v) is 8.34. The molecular weight excluding hydrogens is 334 g/mol. The second-order valence-electron chi connectivity index (χ2n) is 6.28. The number of carbonyl (C=O) groups excluding carboxylic acids is 3. The number of aryl methyl sites for hydroxylation is 2. The Hall–Kier alpha value is -2.89. The van der Waals surface area contributed by atoms with Gasteiger partial charge >= 0.3 is 5.97 Å². The van der Waals surface area contributed by atoms with Gasteiger partial charge in [0.2, 0.25) is 5.78 Å². The molecule has 1 aromatic carbocycles. The molecule has 1 heterocycles. The fraction of sp³-hybridized carbons (Fsp3) is 0.350. The molecular formula is C20H23NO5. The van der Waals surface area contributed by atoms with E-state index in [1.165, 1.54) is 13.8 Å². The van der Waals surface area contributed by atoms with Gasteiger partial charge in [-0.05, 0) is 57.9 Å². The van der Waals surface area contributed by atoms with Crippen molar-refractivity contribution in [1.29, 1.82) is 0 Å². The summed E-state index contributed by atoms with van der Waals surface area (Å²) in [6.07, 6.45) is -0.986. The van der Waals surface area contributed by atoms with E-state index in [1.807, 2.05) is 19.1 Å². The summed E-state index contributed by atoms with van der Waals surface area (Å²) in [6, 6.07) is 7.28. The molecule has 0 saturated carbocycles. The summed E-state index contributed by atoms with van der Waals surface area (Å²) in [5.41, 5.74) is 2.99. The van der Waals surface area contributed by atoms with Crippen molar-refractivity contribution >= 4 is 17.5 Å². The minimum Gasteiger partial charge on any atom is -0.482 e. The lowest BCUT2D eigenvalue weighted by Crippen LogP contribution is -2.28. The van der Waals surface area contributed by atoms with Crippen molar-refractivity contribution in [2.24, 2.45) is 0 Å². The van der Waals surface area contributed by atoms with Crippen LogP contribution in [-0.4, -0.2) is 35.2 Å². The fourth-order valence-corrected chi connectivity index (χ4v) is 2.86. The number of aromatic amines is 1. The number of hydrogen-bond acceptors (Lipinski definition) is 5. The van der Waals surface area contributed by atoms with Crippen LogP contribution in [0.25, 0.3) is 0 Å². The Labute approximate surface area is 152 Å². The van der Waals surface area contributed by atoms with Gasteiger partial charge in [-0.3, -0.25) is 9.59 Å². The van der Waals surface area contributed by atoms with E-state index in [-0.39, 0.29) is 23.9 Å². The standard InChI is InChI=1S/C20H23NO5/c1-11-7-6-8-16(9-11)25-10-17(23)26-15(5)20(24)19-12(2)18(14(4)22)13(3)21-19/h6-9,15,21H,10H2,1-5H3. The Morgan fingerprint density at radius 2 is 1.85 bits per heavy atom. The summed E-state index contributed by atoms with van der Waals surface area (Å²) in [7, 11) is 0. The number of Topliss-reactive ketones (excluding diaryl/α,β-unsaturated/α-hetero) is 2. The van der Waals surface area contributed by atoms with Crippen LogP contribution in [0, 0.1) is 20.8 Å². The van der Waals surface area contributed by atoms with E-state index in [4.69, 9.17) is 9.47 Å². The van der Waals surface area contributed by atoms with Gasteiger partial charge in [-0.25, -0.2) is 4.79 Å². The molecule has 1 N–H and O–H groups in total. The molecule has 0 amide bonds. The van der Waals surface area contributed by atoms with E-state index in [9.17, 15) is 14.4 Å². The normalized spacial score (nSPS) is 11.7. The summed E-state index contributed by atoms with van der Waals surface area (Å²) in [5.74, 6) is -0.587. The predicted molar refractivity (Wildman–Crippen MR) is 96.8 cm³/mol. The highest BCUT2D eigenvalue weighted by molar-refractivity contribution is 6.05. The molecule has 0 fully saturated rings. The number of H-pyrrole nitrogens is 1. The lowest BCUT2D eigenvalue weighted by atomic mass is 10.0. The third kappa shape index (κ3) is 4.39. The van der Waals surface area contributed by atoms with Crippen LogP contribution in [-0.2, 0) is 9.53 Å². The van der Waals surface area contributed by atoms with Gasteiger partial charge in [0, 0.05) is 11.3 Å². The highest BCUT2D eigenvalue weighted by Crippen LogP contribution is 2.20. The first-order valence-electron chi connectivity index (χ1n) is 8.34. The Morgan fingerprint density at radius 1 is 1.15 bits per heavy atom. The summed E-state index contributed by atoms with van der Waals surface area (Å²) in [6.45, 7) is 8.00. The molecule has 26 heavy (non-hydrogen) atoms. The first kappa shape index (κ1) is 19.4. The zero-order chi connectivity index (χ0) is 19.4. The number of ketones is 2. The monoisotopic (exact) mass is 357 g/mol. The molecule has 2 aromatic rings. The van der Waals surface area contributed by atoms with Crippen LogP contribution in [0.3, 0.4) is 0 Å². The minimum absolute atomic E-state index is 0.119. The van der Waals surface area contributed by atoms with Crippen LogP contribution in [0.2, 0.25) is 0 Å². The van der Waals surface area contributed by atoms with Crippen molar-refractivity contribution in [1.82, 2.24) is 4.98 Å². The molecule has 0 bridgehead atoms. The zero-order valence-corrected chi connectivity index (χ0v) is 15.6. The van der Waals surface area contributed by atoms with Gasteiger partial charge < -0.3 is 14.5 Å². The largest absolute Gasteiger partial charge is 0.482 e. The van der Waals surface area contributed by atoms with Gasteiger partial charge in [-0.15, -0.1) is 0 Å². The molecule has 0 aliphatic heterocycles. The molecule has 0 aliphatic rings. The van der Waals surface area contributed by atoms with Crippen LogP contribution in [0.4, 0.5) is 0 Å².